The second kappa shape index (κ2) is 8.52. The SMILES string of the molecule is Cc1ccc(CNCc2cc(-c3coc(CN=Cc4cccs4)c3)cs2)o1. The van der Waals surface area contributed by atoms with E-state index in [1.807, 2.05) is 36.7 Å². The second-order valence-electron chi connectivity index (χ2n) is 6.20. The van der Waals surface area contributed by atoms with Crippen molar-refractivity contribution in [3.8, 4) is 11.1 Å². The van der Waals surface area contributed by atoms with Gasteiger partial charge in [-0.3, -0.25) is 4.99 Å². The van der Waals surface area contributed by atoms with Crippen LogP contribution in [0, 0.1) is 6.92 Å². The number of hydrogen-bond donors (Lipinski definition) is 1. The number of aliphatic imine (C=N–C) groups is 1. The molecule has 1 N–H and O–H groups in total. The van der Waals surface area contributed by atoms with E-state index in [9.17, 15) is 0 Å². The van der Waals surface area contributed by atoms with Gasteiger partial charge in [0.2, 0.25) is 0 Å². The summed E-state index contributed by atoms with van der Waals surface area (Å²) in [6.45, 7) is 4.07. The zero-order valence-corrected chi connectivity index (χ0v) is 16.6. The van der Waals surface area contributed by atoms with Gasteiger partial charge in [0.1, 0.15) is 17.3 Å². The average molecular weight is 397 g/mol. The zero-order valence-electron chi connectivity index (χ0n) is 15.0. The molecule has 0 aliphatic rings. The van der Waals surface area contributed by atoms with Gasteiger partial charge in [-0.15, -0.1) is 22.7 Å². The standard InChI is InChI=1S/C21H20N2O2S2/c1-15-4-5-18(25-15)9-22-12-21-8-17(14-27-21)16-7-19(24-13-16)10-23-11-20-3-2-6-26-20/h2-8,11,13-14,22H,9-10,12H2,1H3. The Bertz CT molecular complexity index is 1010. The quantitative estimate of drug-likeness (QED) is 0.378. The zero-order chi connectivity index (χ0) is 18.5. The lowest BCUT2D eigenvalue weighted by molar-refractivity contribution is 0.462. The summed E-state index contributed by atoms with van der Waals surface area (Å²) in [6.07, 6.45) is 3.70. The first-order valence-corrected chi connectivity index (χ1v) is 10.5. The third kappa shape index (κ3) is 4.86. The minimum absolute atomic E-state index is 0.555. The number of aryl methyl sites for hydroxylation is 1. The van der Waals surface area contributed by atoms with Crippen LogP contribution in [0.4, 0.5) is 0 Å². The molecule has 138 valence electrons. The minimum Gasteiger partial charge on any atom is -0.467 e. The van der Waals surface area contributed by atoms with E-state index in [1.165, 1.54) is 10.4 Å². The first-order chi connectivity index (χ1) is 13.3. The van der Waals surface area contributed by atoms with Crippen LogP contribution in [-0.2, 0) is 19.6 Å². The molecule has 0 aromatic carbocycles. The highest BCUT2D eigenvalue weighted by molar-refractivity contribution is 7.11. The molecular formula is C21H20N2O2S2. The molecule has 4 rings (SSSR count). The highest BCUT2D eigenvalue weighted by Crippen LogP contribution is 2.27. The van der Waals surface area contributed by atoms with Gasteiger partial charge >= 0.3 is 0 Å². The first-order valence-electron chi connectivity index (χ1n) is 8.71. The largest absolute Gasteiger partial charge is 0.467 e. The van der Waals surface area contributed by atoms with Gasteiger partial charge < -0.3 is 14.2 Å². The van der Waals surface area contributed by atoms with Crippen molar-refractivity contribution in [3.05, 3.63) is 80.5 Å². The van der Waals surface area contributed by atoms with Gasteiger partial charge in [0.05, 0.1) is 19.4 Å². The molecule has 0 atom stereocenters. The van der Waals surface area contributed by atoms with Crippen LogP contribution in [0.25, 0.3) is 11.1 Å². The van der Waals surface area contributed by atoms with Crippen molar-refractivity contribution in [1.29, 1.82) is 0 Å². The fourth-order valence-corrected chi connectivity index (χ4v) is 4.19. The Balaban J connectivity index is 1.31. The van der Waals surface area contributed by atoms with Crippen LogP contribution in [-0.4, -0.2) is 6.21 Å². The van der Waals surface area contributed by atoms with Crippen molar-refractivity contribution < 1.29 is 8.83 Å². The Morgan fingerprint density at radius 2 is 2.04 bits per heavy atom. The normalized spacial score (nSPS) is 11.6. The van der Waals surface area contributed by atoms with Crippen molar-refractivity contribution in [3.63, 3.8) is 0 Å². The number of rotatable bonds is 8. The Hall–Kier alpha value is -2.41. The van der Waals surface area contributed by atoms with Crippen LogP contribution >= 0.6 is 22.7 Å². The fraction of sp³-hybridized carbons (Fsp3) is 0.190. The van der Waals surface area contributed by atoms with E-state index < -0.39 is 0 Å². The Morgan fingerprint density at radius 1 is 1.07 bits per heavy atom. The maximum absolute atomic E-state index is 5.66. The summed E-state index contributed by atoms with van der Waals surface area (Å²) in [6, 6.07) is 12.3. The van der Waals surface area contributed by atoms with E-state index in [-0.39, 0.29) is 0 Å². The second-order valence-corrected chi connectivity index (χ2v) is 8.18. The molecule has 0 amide bonds. The van der Waals surface area contributed by atoms with E-state index in [0.717, 1.165) is 40.8 Å². The maximum atomic E-state index is 5.66. The molecule has 0 saturated heterocycles. The summed E-state index contributed by atoms with van der Waals surface area (Å²) in [5, 5.41) is 7.63. The molecule has 0 aliphatic carbocycles. The lowest BCUT2D eigenvalue weighted by Gasteiger charge is -1.99. The smallest absolute Gasteiger partial charge is 0.125 e. The highest BCUT2D eigenvalue weighted by Gasteiger charge is 2.07. The van der Waals surface area contributed by atoms with Crippen LogP contribution in [0.3, 0.4) is 0 Å². The van der Waals surface area contributed by atoms with Gasteiger partial charge in [-0.1, -0.05) is 6.07 Å². The van der Waals surface area contributed by atoms with Crippen molar-refractivity contribution in [2.75, 3.05) is 0 Å². The van der Waals surface area contributed by atoms with Crippen molar-refractivity contribution in [2.24, 2.45) is 4.99 Å². The van der Waals surface area contributed by atoms with Gasteiger partial charge in [0, 0.05) is 28.1 Å². The summed E-state index contributed by atoms with van der Waals surface area (Å²) in [5.74, 6) is 2.78. The number of furan rings is 2. The third-order valence-corrected chi connectivity index (χ3v) is 5.79. The highest BCUT2D eigenvalue weighted by atomic mass is 32.1. The summed E-state index contributed by atoms with van der Waals surface area (Å²) >= 11 is 3.43. The number of hydrogen-bond acceptors (Lipinski definition) is 6. The van der Waals surface area contributed by atoms with Crippen molar-refractivity contribution in [2.45, 2.75) is 26.6 Å². The number of thiophene rings is 2. The van der Waals surface area contributed by atoms with Crippen LogP contribution in [0.5, 0.6) is 0 Å². The van der Waals surface area contributed by atoms with Gasteiger partial charge in [-0.2, -0.15) is 0 Å². The topological polar surface area (TPSA) is 50.7 Å². The van der Waals surface area contributed by atoms with Crippen molar-refractivity contribution in [1.82, 2.24) is 5.32 Å². The molecule has 27 heavy (non-hydrogen) atoms. The molecule has 0 unspecified atom stereocenters. The summed E-state index contributed by atoms with van der Waals surface area (Å²) in [4.78, 5) is 6.88. The van der Waals surface area contributed by atoms with Gasteiger partial charge in [-0.25, -0.2) is 0 Å². The van der Waals surface area contributed by atoms with Crippen LogP contribution in [0.1, 0.15) is 27.0 Å². The summed E-state index contributed by atoms with van der Waals surface area (Å²) in [5.41, 5.74) is 2.28. The molecule has 0 radical (unpaired) electrons. The molecular weight excluding hydrogens is 376 g/mol. The molecule has 4 aromatic heterocycles. The lowest BCUT2D eigenvalue weighted by Crippen LogP contribution is -2.10. The van der Waals surface area contributed by atoms with Crippen LogP contribution in [0.2, 0.25) is 0 Å². The molecule has 0 spiro atoms. The number of nitrogens with zero attached hydrogens (tertiary/aromatic N) is 1. The van der Waals surface area contributed by atoms with E-state index >= 15 is 0 Å². The fourth-order valence-electron chi connectivity index (χ4n) is 2.72. The Morgan fingerprint density at radius 3 is 2.85 bits per heavy atom. The molecule has 4 heterocycles. The molecule has 0 bridgehead atoms. The molecule has 6 heteroatoms. The summed E-state index contributed by atoms with van der Waals surface area (Å²) in [7, 11) is 0. The maximum Gasteiger partial charge on any atom is 0.125 e. The molecule has 4 aromatic rings. The predicted molar refractivity (Wildman–Crippen MR) is 112 cm³/mol. The summed E-state index contributed by atoms with van der Waals surface area (Å²) < 4.78 is 11.2. The van der Waals surface area contributed by atoms with Crippen LogP contribution in [0.15, 0.2) is 67.2 Å². The average Bonchev–Trinajstić information content (AvgIpc) is 3.43. The van der Waals surface area contributed by atoms with Gasteiger partial charge in [0.25, 0.3) is 0 Å². The molecule has 0 fully saturated rings. The first kappa shape index (κ1) is 18.0. The van der Waals surface area contributed by atoms with Crippen molar-refractivity contribution >= 4 is 28.9 Å². The van der Waals surface area contributed by atoms with E-state index in [1.54, 1.807) is 28.9 Å². The third-order valence-electron chi connectivity index (χ3n) is 4.04. The molecule has 4 nitrogen and oxygen atoms in total. The molecule has 0 aliphatic heterocycles. The monoisotopic (exact) mass is 396 g/mol. The molecule has 0 saturated carbocycles. The van der Waals surface area contributed by atoms with E-state index in [4.69, 9.17) is 8.83 Å². The van der Waals surface area contributed by atoms with Gasteiger partial charge in [-0.05, 0) is 53.6 Å². The van der Waals surface area contributed by atoms with Crippen LogP contribution < -0.4 is 5.32 Å². The predicted octanol–water partition coefficient (Wildman–Crippen LogP) is 5.88. The Labute approximate surface area is 166 Å². The lowest BCUT2D eigenvalue weighted by atomic mass is 10.1. The number of nitrogens with one attached hydrogen (secondary N) is 1. The van der Waals surface area contributed by atoms with E-state index in [0.29, 0.717) is 6.54 Å². The minimum atomic E-state index is 0.555. The Kier molecular flexibility index (Phi) is 5.67. The van der Waals surface area contributed by atoms with Gasteiger partial charge in [0.15, 0.2) is 0 Å². The van der Waals surface area contributed by atoms with E-state index in [2.05, 4.69) is 33.9 Å².